The predicted molar refractivity (Wildman–Crippen MR) is 262 cm³/mol. The SMILES string of the molecule is CCCCCCCCOC(CCC(=O)OC[C@H](COC(=O)CCCCCCC(=O)OC(CCCCCC)CCCCCC)COC(=O)OCCCN(CC)CC)OCCCCCCCC. The highest BCUT2D eigenvalue weighted by atomic mass is 16.7. The summed E-state index contributed by atoms with van der Waals surface area (Å²) in [6.45, 7) is 16.8. The number of rotatable bonds is 49. The van der Waals surface area contributed by atoms with E-state index in [-0.39, 0.29) is 57.3 Å². The zero-order valence-corrected chi connectivity index (χ0v) is 43.0. The third-order valence-corrected chi connectivity index (χ3v) is 11.9. The minimum absolute atomic E-state index is 0.0163. The zero-order chi connectivity index (χ0) is 47.9. The van der Waals surface area contributed by atoms with Crippen LogP contribution in [0.1, 0.15) is 241 Å². The minimum atomic E-state index is -0.807. The molecule has 0 unspecified atom stereocenters. The minimum Gasteiger partial charge on any atom is -0.465 e. The quantitative estimate of drug-likeness (QED) is 0.0249. The van der Waals surface area contributed by atoms with Crippen LogP contribution in [0.25, 0.3) is 0 Å². The Morgan fingerprint density at radius 3 is 1.34 bits per heavy atom. The van der Waals surface area contributed by atoms with Crippen LogP contribution in [0.5, 0.6) is 0 Å². The third-order valence-electron chi connectivity index (χ3n) is 11.9. The second-order valence-electron chi connectivity index (χ2n) is 18.0. The second kappa shape index (κ2) is 48.0. The van der Waals surface area contributed by atoms with Crippen molar-refractivity contribution in [3.8, 4) is 0 Å². The Hall–Kier alpha value is -2.44. The van der Waals surface area contributed by atoms with Crippen molar-refractivity contribution < 1.29 is 52.3 Å². The molecule has 0 amide bonds. The van der Waals surface area contributed by atoms with E-state index in [0.29, 0.717) is 38.9 Å². The fourth-order valence-corrected chi connectivity index (χ4v) is 7.56. The highest BCUT2D eigenvalue weighted by Crippen LogP contribution is 2.18. The first-order valence-corrected chi connectivity index (χ1v) is 27.0. The number of hydrogen-bond acceptors (Lipinski definition) is 12. The van der Waals surface area contributed by atoms with Gasteiger partial charge >= 0.3 is 24.1 Å². The lowest BCUT2D eigenvalue weighted by Gasteiger charge is -2.20. The molecule has 0 heterocycles. The van der Waals surface area contributed by atoms with Crippen LogP contribution in [-0.2, 0) is 47.5 Å². The molecule has 0 saturated heterocycles. The Kier molecular flexibility index (Phi) is 46.2. The van der Waals surface area contributed by atoms with Crippen molar-refractivity contribution in [3.63, 3.8) is 0 Å². The first-order valence-electron chi connectivity index (χ1n) is 27.0. The van der Waals surface area contributed by atoms with E-state index >= 15 is 0 Å². The van der Waals surface area contributed by atoms with Gasteiger partial charge in [0.05, 0.1) is 18.9 Å². The van der Waals surface area contributed by atoms with Gasteiger partial charge in [-0.25, -0.2) is 4.79 Å². The molecule has 12 heteroatoms. The van der Waals surface area contributed by atoms with Gasteiger partial charge in [-0.05, 0) is 70.9 Å². The van der Waals surface area contributed by atoms with E-state index in [0.717, 1.165) is 90.3 Å². The van der Waals surface area contributed by atoms with Crippen LogP contribution < -0.4 is 0 Å². The van der Waals surface area contributed by atoms with Crippen molar-refractivity contribution >= 4 is 24.1 Å². The van der Waals surface area contributed by atoms with Crippen LogP contribution in [0.3, 0.4) is 0 Å². The third kappa shape index (κ3) is 42.6. The summed E-state index contributed by atoms with van der Waals surface area (Å²) in [5.41, 5.74) is 0. The van der Waals surface area contributed by atoms with Crippen LogP contribution in [0.15, 0.2) is 0 Å². The summed E-state index contributed by atoms with van der Waals surface area (Å²) in [5.74, 6) is -1.48. The summed E-state index contributed by atoms with van der Waals surface area (Å²) in [5, 5.41) is 0. The van der Waals surface area contributed by atoms with Gasteiger partial charge in [-0.15, -0.1) is 0 Å². The smallest absolute Gasteiger partial charge is 0.465 e. The van der Waals surface area contributed by atoms with Gasteiger partial charge in [-0.3, -0.25) is 14.4 Å². The number of ether oxygens (including phenoxy) is 7. The molecule has 0 aliphatic rings. The number of hydrogen-bond donors (Lipinski definition) is 0. The molecular formula is C53H101NO11. The number of carbonyl (C=O) groups is 4. The number of nitrogens with zero attached hydrogens (tertiary/aromatic N) is 1. The van der Waals surface area contributed by atoms with Crippen LogP contribution in [-0.4, -0.2) is 101 Å². The average molecular weight is 928 g/mol. The molecule has 0 aliphatic heterocycles. The highest BCUT2D eigenvalue weighted by Gasteiger charge is 2.20. The van der Waals surface area contributed by atoms with Crippen molar-refractivity contribution in [1.29, 1.82) is 0 Å². The van der Waals surface area contributed by atoms with Gasteiger partial charge in [0, 0.05) is 39.0 Å². The largest absolute Gasteiger partial charge is 0.508 e. The summed E-state index contributed by atoms with van der Waals surface area (Å²) < 4.78 is 40.0. The van der Waals surface area contributed by atoms with Crippen molar-refractivity contribution in [2.45, 2.75) is 253 Å². The lowest BCUT2D eigenvalue weighted by Crippen LogP contribution is -2.28. The van der Waals surface area contributed by atoms with E-state index in [9.17, 15) is 19.2 Å². The number of carbonyl (C=O) groups excluding carboxylic acids is 4. The first-order chi connectivity index (χ1) is 31.7. The van der Waals surface area contributed by atoms with Crippen LogP contribution in [0.2, 0.25) is 0 Å². The van der Waals surface area contributed by atoms with Gasteiger partial charge < -0.3 is 38.1 Å². The van der Waals surface area contributed by atoms with E-state index in [1.807, 2.05) is 0 Å². The Morgan fingerprint density at radius 1 is 0.400 bits per heavy atom. The van der Waals surface area contributed by atoms with Crippen molar-refractivity contribution in [2.75, 3.05) is 59.3 Å². The van der Waals surface area contributed by atoms with Gasteiger partial charge in [0.2, 0.25) is 0 Å². The van der Waals surface area contributed by atoms with Crippen molar-refractivity contribution in [1.82, 2.24) is 4.90 Å². The molecular weight excluding hydrogens is 827 g/mol. The Balaban J connectivity index is 5.02. The number of esters is 3. The fraction of sp³-hybridized carbons (Fsp3) is 0.925. The maximum Gasteiger partial charge on any atom is 0.508 e. The molecule has 0 rings (SSSR count). The zero-order valence-electron chi connectivity index (χ0n) is 43.0. The van der Waals surface area contributed by atoms with Gasteiger partial charge in [-0.1, -0.05) is 157 Å². The van der Waals surface area contributed by atoms with Crippen LogP contribution in [0.4, 0.5) is 4.79 Å². The summed E-state index contributed by atoms with van der Waals surface area (Å²) in [6.07, 6.45) is 28.7. The monoisotopic (exact) mass is 928 g/mol. The average Bonchev–Trinajstić information content (AvgIpc) is 3.30. The molecule has 0 bridgehead atoms. The van der Waals surface area contributed by atoms with E-state index in [4.69, 9.17) is 33.2 Å². The van der Waals surface area contributed by atoms with Crippen LogP contribution >= 0.6 is 0 Å². The lowest BCUT2D eigenvalue weighted by molar-refractivity contribution is -0.161. The van der Waals surface area contributed by atoms with Gasteiger partial charge in [0.1, 0.15) is 25.9 Å². The van der Waals surface area contributed by atoms with E-state index < -0.39 is 24.3 Å². The molecule has 65 heavy (non-hydrogen) atoms. The normalized spacial score (nSPS) is 12.0. The second-order valence-corrected chi connectivity index (χ2v) is 18.0. The molecule has 0 aliphatic carbocycles. The molecule has 0 aromatic carbocycles. The Bertz CT molecular complexity index is 1060. The molecule has 1 atom stereocenters. The summed E-state index contributed by atoms with van der Waals surface area (Å²) in [6, 6.07) is 0. The molecule has 0 aromatic rings. The molecule has 0 fully saturated rings. The predicted octanol–water partition coefficient (Wildman–Crippen LogP) is 13.6. The van der Waals surface area contributed by atoms with Crippen molar-refractivity contribution in [2.24, 2.45) is 5.92 Å². The first kappa shape index (κ1) is 62.6. The Labute approximate surface area is 398 Å². The summed E-state index contributed by atoms with van der Waals surface area (Å²) >= 11 is 0. The topological polar surface area (TPSA) is 136 Å². The standard InChI is InChI=1S/C53H101NO11/c1-7-13-17-21-25-31-41-59-52(60-42-32-26-22-18-14-8-2)39-38-50(56)63-45-47(46-64-53(58)61-43-33-40-54(11-5)12-6)44-62-49(55)36-29-23-24-30-37-51(57)65-48(34-27-19-15-9-3)35-28-20-16-10-4/h47-48,52H,7-46H2,1-6H3/t47-/m0/s1. The molecule has 0 N–H and O–H groups in total. The van der Waals surface area contributed by atoms with Gasteiger partial charge in [-0.2, -0.15) is 0 Å². The molecule has 0 spiro atoms. The van der Waals surface area contributed by atoms with E-state index in [2.05, 4.69) is 46.4 Å². The van der Waals surface area contributed by atoms with Gasteiger partial charge in [0.15, 0.2) is 6.29 Å². The maximum atomic E-state index is 13.0. The Morgan fingerprint density at radius 2 is 0.831 bits per heavy atom. The van der Waals surface area contributed by atoms with E-state index in [1.165, 1.54) is 89.9 Å². The molecule has 0 aromatic heterocycles. The highest BCUT2D eigenvalue weighted by molar-refractivity contribution is 5.70. The summed E-state index contributed by atoms with van der Waals surface area (Å²) in [4.78, 5) is 53.2. The van der Waals surface area contributed by atoms with Crippen LogP contribution in [0, 0.1) is 5.92 Å². The molecule has 12 nitrogen and oxygen atoms in total. The fourth-order valence-electron chi connectivity index (χ4n) is 7.56. The molecule has 0 radical (unpaired) electrons. The van der Waals surface area contributed by atoms with Crippen molar-refractivity contribution in [3.05, 3.63) is 0 Å². The lowest BCUT2D eigenvalue weighted by atomic mass is 10.0. The van der Waals surface area contributed by atoms with E-state index in [1.54, 1.807) is 0 Å². The maximum absolute atomic E-state index is 13.0. The molecule has 384 valence electrons. The number of unbranched alkanes of at least 4 members (excludes halogenated alkanes) is 19. The summed E-state index contributed by atoms with van der Waals surface area (Å²) in [7, 11) is 0. The molecule has 0 saturated carbocycles. The van der Waals surface area contributed by atoms with Gasteiger partial charge in [0.25, 0.3) is 0 Å².